The van der Waals surface area contributed by atoms with E-state index in [-0.39, 0.29) is 0 Å². The summed E-state index contributed by atoms with van der Waals surface area (Å²) in [4.78, 5) is 2.39. The number of benzene rings is 1. The maximum Gasteiger partial charge on any atom is 0.0642 e. The smallest absolute Gasteiger partial charge is 0.0642 e. The van der Waals surface area contributed by atoms with Crippen LogP contribution in [-0.2, 0) is 11.3 Å². The first-order valence-electron chi connectivity index (χ1n) is 7.52. The van der Waals surface area contributed by atoms with Gasteiger partial charge in [-0.1, -0.05) is 31.9 Å². The second-order valence-electron chi connectivity index (χ2n) is 5.15. The summed E-state index contributed by atoms with van der Waals surface area (Å²) in [6, 6.07) is 8.93. The lowest BCUT2D eigenvalue weighted by Gasteiger charge is -2.28. The molecule has 0 saturated carbocycles. The number of hydrogen-bond donors (Lipinski definition) is 1. The fraction of sp³-hybridized carbons (Fsp3) is 0.625. The third kappa shape index (κ3) is 4.84. The van der Waals surface area contributed by atoms with Gasteiger partial charge in [-0.3, -0.25) is 0 Å². The number of hydrogen-bond acceptors (Lipinski definition) is 3. The number of ether oxygens (including phenoxy) is 1. The Labute approximate surface area is 116 Å². The van der Waals surface area contributed by atoms with Crippen molar-refractivity contribution in [2.45, 2.75) is 32.7 Å². The number of unbranched alkanes of at least 4 members (excludes halogenated alkanes) is 2. The van der Waals surface area contributed by atoms with Crippen molar-refractivity contribution in [3.63, 3.8) is 0 Å². The van der Waals surface area contributed by atoms with E-state index in [1.165, 1.54) is 30.5 Å². The molecule has 0 radical (unpaired) electrons. The summed E-state index contributed by atoms with van der Waals surface area (Å²) in [5, 5.41) is 3.50. The standard InChI is InChI=1S/C16H26N2O/c1-2-3-4-9-17-14-15-5-7-16(8-6-15)18-10-12-19-13-11-18/h5-8,17H,2-4,9-14H2,1H3. The van der Waals surface area contributed by atoms with Crippen LogP contribution < -0.4 is 10.2 Å². The number of morpholine rings is 1. The number of nitrogens with zero attached hydrogens (tertiary/aromatic N) is 1. The molecule has 1 heterocycles. The molecule has 1 saturated heterocycles. The van der Waals surface area contributed by atoms with Crippen LogP contribution in [0.15, 0.2) is 24.3 Å². The lowest BCUT2D eigenvalue weighted by molar-refractivity contribution is 0.122. The topological polar surface area (TPSA) is 24.5 Å². The van der Waals surface area contributed by atoms with Gasteiger partial charge in [0, 0.05) is 25.3 Å². The fourth-order valence-corrected chi connectivity index (χ4v) is 2.38. The van der Waals surface area contributed by atoms with Gasteiger partial charge in [-0.2, -0.15) is 0 Å². The molecule has 0 aromatic heterocycles. The predicted octanol–water partition coefficient (Wildman–Crippen LogP) is 2.80. The normalized spacial score (nSPS) is 15.7. The van der Waals surface area contributed by atoms with Crippen LogP contribution in [0, 0.1) is 0 Å². The van der Waals surface area contributed by atoms with Gasteiger partial charge in [-0.15, -0.1) is 0 Å². The van der Waals surface area contributed by atoms with Crippen molar-refractivity contribution in [1.29, 1.82) is 0 Å². The highest BCUT2D eigenvalue weighted by Crippen LogP contribution is 2.16. The molecule has 106 valence electrons. The molecule has 0 amide bonds. The Kier molecular flexibility index (Phi) is 6.18. The Morgan fingerprint density at radius 3 is 2.53 bits per heavy atom. The molecule has 0 atom stereocenters. The van der Waals surface area contributed by atoms with Crippen LogP contribution in [0.2, 0.25) is 0 Å². The third-order valence-corrected chi connectivity index (χ3v) is 3.60. The van der Waals surface area contributed by atoms with Crippen LogP contribution in [0.4, 0.5) is 5.69 Å². The summed E-state index contributed by atoms with van der Waals surface area (Å²) in [7, 11) is 0. The molecule has 0 bridgehead atoms. The molecule has 19 heavy (non-hydrogen) atoms. The van der Waals surface area contributed by atoms with Gasteiger partial charge in [-0.05, 0) is 30.7 Å². The van der Waals surface area contributed by atoms with E-state index in [4.69, 9.17) is 4.74 Å². The van der Waals surface area contributed by atoms with Gasteiger partial charge < -0.3 is 15.0 Å². The van der Waals surface area contributed by atoms with Crippen molar-refractivity contribution in [2.24, 2.45) is 0 Å². The molecular weight excluding hydrogens is 236 g/mol. The van der Waals surface area contributed by atoms with Crippen LogP contribution in [0.3, 0.4) is 0 Å². The largest absolute Gasteiger partial charge is 0.378 e. The quantitative estimate of drug-likeness (QED) is 0.765. The SMILES string of the molecule is CCCCCNCc1ccc(N2CCOCC2)cc1. The second kappa shape index (κ2) is 8.18. The van der Waals surface area contributed by atoms with Crippen molar-refractivity contribution < 1.29 is 4.74 Å². The first-order chi connectivity index (χ1) is 9.40. The second-order valence-corrected chi connectivity index (χ2v) is 5.15. The monoisotopic (exact) mass is 262 g/mol. The highest BCUT2D eigenvalue weighted by atomic mass is 16.5. The molecule has 1 aromatic rings. The Hall–Kier alpha value is -1.06. The number of nitrogens with one attached hydrogen (secondary N) is 1. The van der Waals surface area contributed by atoms with E-state index in [0.717, 1.165) is 39.4 Å². The van der Waals surface area contributed by atoms with Crippen molar-refractivity contribution >= 4 is 5.69 Å². The van der Waals surface area contributed by atoms with Gasteiger partial charge in [0.1, 0.15) is 0 Å². The molecule has 3 nitrogen and oxygen atoms in total. The Morgan fingerprint density at radius 2 is 1.84 bits per heavy atom. The maximum atomic E-state index is 5.38. The molecule has 0 spiro atoms. The van der Waals surface area contributed by atoms with Gasteiger partial charge in [0.05, 0.1) is 13.2 Å². The zero-order valence-corrected chi connectivity index (χ0v) is 12.0. The van der Waals surface area contributed by atoms with E-state index in [2.05, 4.69) is 41.4 Å². The molecule has 0 unspecified atom stereocenters. The molecule has 1 aromatic carbocycles. The summed E-state index contributed by atoms with van der Waals surface area (Å²) in [6.07, 6.45) is 3.89. The maximum absolute atomic E-state index is 5.38. The van der Waals surface area contributed by atoms with Crippen LogP contribution in [0.5, 0.6) is 0 Å². The zero-order chi connectivity index (χ0) is 13.3. The van der Waals surface area contributed by atoms with E-state index < -0.39 is 0 Å². The van der Waals surface area contributed by atoms with E-state index in [1.54, 1.807) is 0 Å². The van der Waals surface area contributed by atoms with Crippen LogP contribution in [0.1, 0.15) is 31.7 Å². The van der Waals surface area contributed by atoms with Gasteiger partial charge in [0.25, 0.3) is 0 Å². The number of anilines is 1. The summed E-state index contributed by atoms with van der Waals surface area (Å²) in [5.74, 6) is 0. The molecule has 1 aliphatic rings. The Morgan fingerprint density at radius 1 is 1.11 bits per heavy atom. The van der Waals surface area contributed by atoms with E-state index in [9.17, 15) is 0 Å². The molecule has 0 aliphatic carbocycles. The summed E-state index contributed by atoms with van der Waals surface area (Å²) >= 11 is 0. The van der Waals surface area contributed by atoms with Gasteiger partial charge in [-0.25, -0.2) is 0 Å². The highest BCUT2D eigenvalue weighted by Gasteiger charge is 2.10. The van der Waals surface area contributed by atoms with Gasteiger partial charge in [0.2, 0.25) is 0 Å². The molecule has 1 aliphatic heterocycles. The molecule has 2 rings (SSSR count). The molecule has 1 N–H and O–H groups in total. The average Bonchev–Trinajstić information content (AvgIpc) is 2.49. The minimum Gasteiger partial charge on any atom is -0.378 e. The van der Waals surface area contributed by atoms with Crippen LogP contribution >= 0.6 is 0 Å². The first kappa shape index (κ1) is 14.4. The highest BCUT2D eigenvalue weighted by molar-refractivity contribution is 5.47. The average molecular weight is 262 g/mol. The molecular formula is C16H26N2O. The summed E-state index contributed by atoms with van der Waals surface area (Å²) in [5.41, 5.74) is 2.69. The van der Waals surface area contributed by atoms with Crippen molar-refractivity contribution in [1.82, 2.24) is 5.32 Å². The lowest BCUT2D eigenvalue weighted by atomic mass is 10.2. The van der Waals surface area contributed by atoms with Gasteiger partial charge >= 0.3 is 0 Å². The fourth-order valence-electron chi connectivity index (χ4n) is 2.38. The zero-order valence-electron chi connectivity index (χ0n) is 12.0. The van der Waals surface area contributed by atoms with Crippen molar-refractivity contribution in [3.05, 3.63) is 29.8 Å². The summed E-state index contributed by atoms with van der Waals surface area (Å²) in [6.45, 7) is 8.06. The molecule has 1 fully saturated rings. The van der Waals surface area contributed by atoms with E-state index >= 15 is 0 Å². The minimum absolute atomic E-state index is 0.848. The predicted molar refractivity (Wildman–Crippen MR) is 80.7 cm³/mol. The number of rotatable bonds is 7. The van der Waals surface area contributed by atoms with Crippen LogP contribution in [0.25, 0.3) is 0 Å². The van der Waals surface area contributed by atoms with Gasteiger partial charge in [0.15, 0.2) is 0 Å². The summed E-state index contributed by atoms with van der Waals surface area (Å²) < 4.78 is 5.38. The first-order valence-corrected chi connectivity index (χ1v) is 7.52. The third-order valence-electron chi connectivity index (χ3n) is 3.60. The van der Waals surface area contributed by atoms with E-state index in [1.807, 2.05) is 0 Å². The van der Waals surface area contributed by atoms with E-state index in [0.29, 0.717) is 0 Å². The Bertz CT molecular complexity index is 344. The van der Waals surface area contributed by atoms with Crippen LogP contribution in [-0.4, -0.2) is 32.8 Å². The Balaban J connectivity index is 1.74. The molecule has 3 heteroatoms. The van der Waals surface area contributed by atoms with Crippen molar-refractivity contribution in [3.8, 4) is 0 Å². The van der Waals surface area contributed by atoms with Crippen molar-refractivity contribution in [2.75, 3.05) is 37.7 Å². The minimum atomic E-state index is 0.848. The lowest BCUT2D eigenvalue weighted by Crippen LogP contribution is -2.36.